The van der Waals surface area contributed by atoms with Crippen LogP contribution in [-0.2, 0) is 11.3 Å². The number of anilines is 1. The number of urea groups is 1. The fourth-order valence-corrected chi connectivity index (χ4v) is 4.96. The van der Waals surface area contributed by atoms with E-state index in [0.29, 0.717) is 6.54 Å². The third kappa shape index (κ3) is 8.08. The molecular formula is C28H40N6O3. The van der Waals surface area contributed by atoms with Gasteiger partial charge >= 0.3 is 12.1 Å². The number of piperidine rings is 1. The molecule has 9 nitrogen and oxygen atoms in total. The van der Waals surface area contributed by atoms with Gasteiger partial charge in [0.25, 0.3) is 0 Å². The van der Waals surface area contributed by atoms with Gasteiger partial charge in [-0.1, -0.05) is 36.4 Å². The number of likely N-dealkylation sites (tertiary alicyclic amines) is 1. The number of nitrogens with zero attached hydrogens (tertiary/aromatic N) is 3. The molecule has 200 valence electrons. The van der Waals surface area contributed by atoms with Gasteiger partial charge in [-0.15, -0.1) is 0 Å². The highest BCUT2D eigenvalue weighted by atomic mass is 16.6. The highest BCUT2D eigenvalue weighted by Gasteiger charge is 2.38. The summed E-state index contributed by atoms with van der Waals surface area (Å²) in [4.78, 5) is 34.5. The van der Waals surface area contributed by atoms with Crippen LogP contribution in [0.4, 0.5) is 15.4 Å². The summed E-state index contributed by atoms with van der Waals surface area (Å²) in [5.74, 6) is 0.926. The van der Waals surface area contributed by atoms with E-state index in [4.69, 9.17) is 4.74 Å². The lowest BCUT2D eigenvalue weighted by molar-refractivity contribution is 0.0381. The van der Waals surface area contributed by atoms with E-state index in [-0.39, 0.29) is 12.1 Å². The Morgan fingerprint density at radius 1 is 1.05 bits per heavy atom. The van der Waals surface area contributed by atoms with Crippen molar-refractivity contribution in [2.45, 2.75) is 63.8 Å². The van der Waals surface area contributed by atoms with Gasteiger partial charge in [0.15, 0.2) is 0 Å². The third-order valence-corrected chi connectivity index (χ3v) is 6.91. The van der Waals surface area contributed by atoms with Crippen molar-refractivity contribution in [3.8, 4) is 0 Å². The van der Waals surface area contributed by atoms with Crippen LogP contribution in [0.1, 0.15) is 45.6 Å². The molecule has 37 heavy (non-hydrogen) atoms. The smallest absolute Gasteiger partial charge is 0.408 e. The molecule has 1 aromatic carbocycles. The van der Waals surface area contributed by atoms with Gasteiger partial charge in [0.05, 0.1) is 5.54 Å². The van der Waals surface area contributed by atoms with Crippen LogP contribution in [0.3, 0.4) is 0 Å². The number of hydrogen-bond acceptors (Lipinski definition) is 6. The van der Waals surface area contributed by atoms with Gasteiger partial charge in [0.1, 0.15) is 11.4 Å². The van der Waals surface area contributed by atoms with Crippen LogP contribution >= 0.6 is 0 Å². The van der Waals surface area contributed by atoms with Crippen LogP contribution < -0.4 is 20.9 Å². The summed E-state index contributed by atoms with van der Waals surface area (Å²) in [6.07, 6.45) is 3.63. The number of alkyl carbamates (subject to hydrolysis) is 1. The largest absolute Gasteiger partial charge is 0.444 e. The average molecular weight is 509 g/mol. The fourth-order valence-electron chi connectivity index (χ4n) is 4.96. The second-order valence-electron chi connectivity index (χ2n) is 11.1. The van der Waals surface area contributed by atoms with Crippen LogP contribution in [0.2, 0.25) is 0 Å². The molecule has 0 radical (unpaired) electrons. The number of ether oxygens (including phenoxy) is 1. The molecule has 9 heteroatoms. The van der Waals surface area contributed by atoms with Crippen molar-refractivity contribution < 1.29 is 14.3 Å². The zero-order chi connectivity index (χ0) is 26.3. The Bertz CT molecular complexity index is 1020. The topological polar surface area (TPSA) is 98.8 Å². The Balaban J connectivity index is 1.31. The maximum atomic E-state index is 12.8. The number of pyridine rings is 1. The lowest BCUT2D eigenvalue weighted by Crippen LogP contribution is -2.62. The van der Waals surface area contributed by atoms with Crippen LogP contribution in [0.25, 0.3) is 0 Å². The van der Waals surface area contributed by atoms with Crippen LogP contribution in [0.15, 0.2) is 54.7 Å². The maximum absolute atomic E-state index is 12.8. The molecule has 3 amide bonds. The molecule has 3 heterocycles. The first-order valence-corrected chi connectivity index (χ1v) is 13.2. The van der Waals surface area contributed by atoms with Crippen molar-refractivity contribution in [2.24, 2.45) is 0 Å². The standard InChI is InChI=1S/C28H40N6O3/c1-27(2,3)37-26(36)32-28(13-17-33(18-14-28)19-22-9-5-4-6-10-22)21-30-25(35)31-23-12-16-34(20-23)24-11-7-8-15-29-24/h4-11,15,23H,12-14,16-21H2,1-3H3,(H,32,36)(H2,30,31,35). The SMILES string of the molecule is CC(C)(C)OC(=O)NC1(CNC(=O)NC2CCN(c3ccccn3)C2)CCN(Cc2ccccc2)CC1. The molecule has 2 aromatic rings. The minimum atomic E-state index is -0.591. The average Bonchev–Trinajstić information content (AvgIpc) is 3.33. The van der Waals surface area contributed by atoms with Gasteiger partial charge in [-0.25, -0.2) is 14.6 Å². The Morgan fingerprint density at radius 3 is 2.46 bits per heavy atom. The molecule has 1 atom stereocenters. The number of amides is 3. The fraction of sp³-hybridized carbons (Fsp3) is 0.536. The number of carbonyl (C=O) groups excluding carboxylic acids is 2. The highest BCUT2D eigenvalue weighted by molar-refractivity contribution is 5.75. The molecule has 1 unspecified atom stereocenters. The summed E-state index contributed by atoms with van der Waals surface area (Å²) >= 11 is 0. The molecular weight excluding hydrogens is 468 g/mol. The van der Waals surface area contributed by atoms with Crippen LogP contribution in [0, 0.1) is 0 Å². The van der Waals surface area contributed by atoms with Gasteiger partial charge in [0.2, 0.25) is 0 Å². The highest BCUT2D eigenvalue weighted by Crippen LogP contribution is 2.24. The molecule has 2 saturated heterocycles. The molecule has 0 aliphatic carbocycles. The van der Waals surface area contributed by atoms with Gasteiger partial charge < -0.3 is 25.6 Å². The summed E-state index contributed by atoms with van der Waals surface area (Å²) in [7, 11) is 0. The first kappa shape index (κ1) is 26.7. The molecule has 0 bridgehead atoms. The minimum Gasteiger partial charge on any atom is -0.444 e. The summed E-state index contributed by atoms with van der Waals surface area (Å²) in [6, 6.07) is 16.1. The van der Waals surface area contributed by atoms with E-state index in [2.05, 4.69) is 55.0 Å². The lowest BCUT2D eigenvalue weighted by atomic mass is 9.87. The summed E-state index contributed by atoms with van der Waals surface area (Å²) in [6.45, 7) is 9.96. The Kier molecular flexibility index (Phi) is 8.53. The van der Waals surface area contributed by atoms with E-state index in [1.807, 2.05) is 45.0 Å². The second kappa shape index (κ2) is 11.8. The van der Waals surface area contributed by atoms with Crippen molar-refractivity contribution in [1.29, 1.82) is 0 Å². The zero-order valence-electron chi connectivity index (χ0n) is 22.2. The van der Waals surface area contributed by atoms with Gasteiger partial charge in [-0.05, 0) is 57.7 Å². The van der Waals surface area contributed by atoms with Crippen LogP contribution in [0.5, 0.6) is 0 Å². The first-order chi connectivity index (χ1) is 17.7. The predicted molar refractivity (Wildman–Crippen MR) is 144 cm³/mol. The Morgan fingerprint density at radius 2 is 1.78 bits per heavy atom. The van der Waals surface area contributed by atoms with Crippen molar-refractivity contribution in [3.05, 3.63) is 60.3 Å². The first-order valence-electron chi connectivity index (χ1n) is 13.2. The Labute approximate surface area is 220 Å². The van der Waals surface area contributed by atoms with E-state index in [0.717, 1.165) is 57.8 Å². The molecule has 2 fully saturated rings. The monoisotopic (exact) mass is 508 g/mol. The van der Waals surface area contributed by atoms with Gasteiger partial charge in [0, 0.05) is 51.5 Å². The summed E-state index contributed by atoms with van der Waals surface area (Å²) in [5, 5.41) is 9.23. The van der Waals surface area contributed by atoms with E-state index in [1.54, 1.807) is 6.20 Å². The van der Waals surface area contributed by atoms with Crippen molar-refractivity contribution >= 4 is 17.9 Å². The molecule has 3 N–H and O–H groups in total. The van der Waals surface area contributed by atoms with E-state index in [1.165, 1.54) is 5.56 Å². The minimum absolute atomic E-state index is 0.0458. The van der Waals surface area contributed by atoms with Gasteiger partial charge in [-0.3, -0.25) is 4.90 Å². The normalized spacial score (nSPS) is 19.8. The van der Waals surface area contributed by atoms with E-state index >= 15 is 0 Å². The van der Waals surface area contributed by atoms with Crippen molar-refractivity contribution in [2.75, 3.05) is 37.6 Å². The summed E-state index contributed by atoms with van der Waals surface area (Å²) < 4.78 is 5.55. The van der Waals surface area contributed by atoms with Crippen molar-refractivity contribution in [1.82, 2.24) is 25.8 Å². The molecule has 0 saturated carbocycles. The number of nitrogens with one attached hydrogen (secondary N) is 3. The van der Waals surface area contributed by atoms with E-state index < -0.39 is 17.2 Å². The molecule has 2 aliphatic heterocycles. The Hall–Kier alpha value is -3.33. The molecule has 1 aromatic heterocycles. The quantitative estimate of drug-likeness (QED) is 0.529. The third-order valence-electron chi connectivity index (χ3n) is 6.91. The molecule has 0 spiro atoms. The lowest BCUT2D eigenvalue weighted by Gasteiger charge is -2.42. The second-order valence-corrected chi connectivity index (χ2v) is 11.1. The number of hydrogen-bond donors (Lipinski definition) is 3. The number of rotatable bonds is 7. The predicted octanol–water partition coefficient (Wildman–Crippen LogP) is 3.52. The summed E-state index contributed by atoms with van der Waals surface area (Å²) in [5.41, 5.74) is 0.109. The van der Waals surface area contributed by atoms with Crippen molar-refractivity contribution in [3.63, 3.8) is 0 Å². The molecule has 2 aliphatic rings. The number of aromatic nitrogens is 1. The van der Waals surface area contributed by atoms with Gasteiger partial charge in [-0.2, -0.15) is 0 Å². The number of benzene rings is 1. The molecule has 4 rings (SSSR count). The van der Waals surface area contributed by atoms with Crippen LogP contribution in [-0.4, -0.2) is 71.9 Å². The maximum Gasteiger partial charge on any atom is 0.408 e. The number of carbonyl (C=O) groups is 2. The van der Waals surface area contributed by atoms with E-state index in [9.17, 15) is 9.59 Å². The zero-order valence-corrected chi connectivity index (χ0v) is 22.2.